The molecule has 1 heterocycles. The first-order chi connectivity index (χ1) is 10.2. The minimum absolute atomic E-state index is 0.0449. The largest absolute Gasteiger partial charge is 0.494 e. The highest BCUT2D eigenvalue weighted by Crippen LogP contribution is 2.21. The Labute approximate surface area is 126 Å². The summed E-state index contributed by atoms with van der Waals surface area (Å²) in [6.45, 7) is 6.43. The molecule has 0 unspecified atom stereocenters. The maximum absolute atomic E-state index is 11.9. The lowest BCUT2D eigenvalue weighted by atomic mass is 10.2. The van der Waals surface area contributed by atoms with Crippen LogP contribution in [0.15, 0.2) is 18.2 Å². The Morgan fingerprint density at radius 1 is 1.48 bits per heavy atom. The van der Waals surface area contributed by atoms with Crippen LogP contribution in [0.1, 0.15) is 25.3 Å². The summed E-state index contributed by atoms with van der Waals surface area (Å²) in [4.78, 5) is 11.9. The Morgan fingerprint density at radius 2 is 2.33 bits per heavy atom. The third kappa shape index (κ3) is 5.02. The number of nitrogens with one attached hydrogen (secondary N) is 2. The molecule has 0 spiro atoms. The molecular weight excluding hydrogens is 268 g/mol. The van der Waals surface area contributed by atoms with E-state index in [2.05, 4.69) is 10.6 Å². The first-order valence-electron chi connectivity index (χ1n) is 7.54. The third-order valence-electron chi connectivity index (χ3n) is 3.44. The van der Waals surface area contributed by atoms with Crippen molar-refractivity contribution in [3.05, 3.63) is 23.8 Å². The molecule has 2 rings (SSSR count). The fourth-order valence-electron chi connectivity index (χ4n) is 2.40. The molecule has 1 atom stereocenters. The molecule has 5 nitrogen and oxygen atoms in total. The number of ether oxygens (including phenoxy) is 2. The number of hydrogen-bond acceptors (Lipinski definition) is 4. The molecular formula is C16H24N2O3. The van der Waals surface area contributed by atoms with E-state index in [1.165, 1.54) is 0 Å². The van der Waals surface area contributed by atoms with Gasteiger partial charge in [-0.25, -0.2) is 0 Å². The van der Waals surface area contributed by atoms with Gasteiger partial charge >= 0.3 is 0 Å². The van der Waals surface area contributed by atoms with Gasteiger partial charge in [0.05, 0.1) is 19.3 Å². The third-order valence-corrected chi connectivity index (χ3v) is 3.44. The maximum Gasteiger partial charge on any atom is 0.238 e. The van der Waals surface area contributed by atoms with Crippen molar-refractivity contribution in [2.75, 3.05) is 31.6 Å². The molecule has 1 saturated heterocycles. The maximum atomic E-state index is 11.9. The van der Waals surface area contributed by atoms with Gasteiger partial charge in [-0.2, -0.15) is 0 Å². The Kier molecular flexibility index (Phi) is 6.02. The number of carbonyl (C=O) groups excluding carboxylic acids is 1. The summed E-state index contributed by atoms with van der Waals surface area (Å²) in [5.74, 6) is 0.809. The highest BCUT2D eigenvalue weighted by Gasteiger charge is 2.15. The molecule has 21 heavy (non-hydrogen) atoms. The zero-order valence-electron chi connectivity index (χ0n) is 12.8. The molecule has 1 aliphatic rings. The van der Waals surface area contributed by atoms with Crippen LogP contribution in [0.3, 0.4) is 0 Å². The van der Waals surface area contributed by atoms with E-state index >= 15 is 0 Å². The van der Waals surface area contributed by atoms with Crippen LogP contribution >= 0.6 is 0 Å². The Bertz CT molecular complexity index is 471. The summed E-state index contributed by atoms with van der Waals surface area (Å²) >= 11 is 0. The average molecular weight is 292 g/mol. The van der Waals surface area contributed by atoms with Crippen LogP contribution in [-0.4, -0.2) is 38.3 Å². The standard InChI is InChI=1S/C16H24N2O3/c1-3-20-15-7-6-13(9-12(15)2)18-16(19)11-17-10-14-5-4-8-21-14/h6-7,9,14,17H,3-5,8,10-11H2,1-2H3,(H,18,19)/t14-/m1/s1. The average Bonchev–Trinajstić information content (AvgIpc) is 2.95. The summed E-state index contributed by atoms with van der Waals surface area (Å²) in [6.07, 6.45) is 2.45. The SMILES string of the molecule is CCOc1ccc(NC(=O)CNC[C@H]2CCCO2)cc1C. The van der Waals surface area contributed by atoms with E-state index in [0.29, 0.717) is 13.2 Å². The highest BCUT2D eigenvalue weighted by molar-refractivity contribution is 5.92. The number of aryl methyl sites for hydroxylation is 1. The van der Waals surface area contributed by atoms with Crippen LogP contribution < -0.4 is 15.4 Å². The Hall–Kier alpha value is -1.59. The molecule has 1 amide bonds. The van der Waals surface area contributed by atoms with Gasteiger partial charge in [-0.3, -0.25) is 4.79 Å². The van der Waals surface area contributed by atoms with E-state index in [4.69, 9.17) is 9.47 Å². The van der Waals surface area contributed by atoms with Gasteiger partial charge in [0.1, 0.15) is 5.75 Å². The predicted octanol–water partition coefficient (Wildman–Crippen LogP) is 2.10. The van der Waals surface area contributed by atoms with Gasteiger partial charge in [0.25, 0.3) is 0 Å². The lowest BCUT2D eigenvalue weighted by Gasteiger charge is -2.12. The molecule has 1 aromatic rings. The van der Waals surface area contributed by atoms with Crippen molar-refractivity contribution >= 4 is 11.6 Å². The molecule has 1 aromatic carbocycles. The van der Waals surface area contributed by atoms with Gasteiger partial charge in [0.15, 0.2) is 0 Å². The first-order valence-corrected chi connectivity index (χ1v) is 7.54. The fraction of sp³-hybridized carbons (Fsp3) is 0.562. The van der Waals surface area contributed by atoms with Gasteiger partial charge in [-0.05, 0) is 50.5 Å². The molecule has 1 fully saturated rings. The molecule has 5 heteroatoms. The molecule has 2 N–H and O–H groups in total. The summed E-state index contributed by atoms with van der Waals surface area (Å²) in [7, 11) is 0. The van der Waals surface area contributed by atoms with Crippen molar-refractivity contribution in [2.45, 2.75) is 32.8 Å². The molecule has 0 radical (unpaired) electrons. The van der Waals surface area contributed by atoms with Gasteiger partial charge in [0.2, 0.25) is 5.91 Å². The Morgan fingerprint density at radius 3 is 3.00 bits per heavy atom. The topological polar surface area (TPSA) is 59.6 Å². The molecule has 116 valence electrons. The summed E-state index contributed by atoms with van der Waals surface area (Å²) < 4.78 is 11.0. The van der Waals surface area contributed by atoms with Crippen molar-refractivity contribution in [3.8, 4) is 5.75 Å². The number of amides is 1. The smallest absolute Gasteiger partial charge is 0.238 e. The highest BCUT2D eigenvalue weighted by atomic mass is 16.5. The van der Waals surface area contributed by atoms with Gasteiger partial charge in [0, 0.05) is 18.8 Å². The molecule has 0 aromatic heterocycles. The second-order valence-corrected chi connectivity index (χ2v) is 5.23. The number of anilines is 1. The lowest BCUT2D eigenvalue weighted by Crippen LogP contribution is -2.33. The summed E-state index contributed by atoms with van der Waals surface area (Å²) in [5.41, 5.74) is 1.81. The molecule has 1 aliphatic heterocycles. The quantitative estimate of drug-likeness (QED) is 0.808. The second-order valence-electron chi connectivity index (χ2n) is 5.23. The number of benzene rings is 1. The van der Waals surface area contributed by atoms with Crippen molar-refractivity contribution in [1.82, 2.24) is 5.32 Å². The number of rotatable bonds is 7. The van der Waals surface area contributed by atoms with Crippen LogP contribution in [0.4, 0.5) is 5.69 Å². The van der Waals surface area contributed by atoms with Crippen LogP contribution in [0.2, 0.25) is 0 Å². The van der Waals surface area contributed by atoms with Crippen LogP contribution in [-0.2, 0) is 9.53 Å². The van der Waals surface area contributed by atoms with Crippen molar-refractivity contribution in [3.63, 3.8) is 0 Å². The molecule has 0 aliphatic carbocycles. The number of carbonyl (C=O) groups is 1. The predicted molar refractivity (Wildman–Crippen MR) is 82.8 cm³/mol. The fourth-order valence-corrected chi connectivity index (χ4v) is 2.40. The van der Waals surface area contributed by atoms with E-state index in [1.54, 1.807) is 0 Å². The van der Waals surface area contributed by atoms with Gasteiger partial charge in [-0.1, -0.05) is 0 Å². The van der Waals surface area contributed by atoms with E-state index in [0.717, 1.165) is 43.0 Å². The van der Waals surface area contributed by atoms with Crippen LogP contribution in [0.25, 0.3) is 0 Å². The monoisotopic (exact) mass is 292 g/mol. The summed E-state index contributed by atoms with van der Waals surface area (Å²) in [6, 6.07) is 5.66. The van der Waals surface area contributed by atoms with Crippen molar-refractivity contribution in [2.24, 2.45) is 0 Å². The van der Waals surface area contributed by atoms with Crippen molar-refractivity contribution < 1.29 is 14.3 Å². The van der Waals surface area contributed by atoms with Crippen molar-refractivity contribution in [1.29, 1.82) is 0 Å². The van der Waals surface area contributed by atoms with Crippen LogP contribution in [0.5, 0.6) is 5.75 Å². The molecule has 0 bridgehead atoms. The number of hydrogen-bond donors (Lipinski definition) is 2. The second kappa shape index (κ2) is 8.00. The van der Waals surface area contributed by atoms with E-state index in [1.807, 2.05) is 32.0 Å². The van der Waals surface area contributed by atoms with Gasteiger partial charge in [-0.15, -0.1) is 0 Å². The Balaban J connectivity index is 1.75. The van der Waals surface area contributed by atoms with E-state index in [9.17, 15) is 4.79 Å². The zero-order valence-corrected chi connectivity index (χ0v) is 12.8. The van der Waals surface area contributed by atoms with E-state index < -0.39 is 0 Å². The first kappa shape index (κ1) is 15.8. The van der Waals surface area contributed by atoms with E-state index in [-0.39, 0.29) is 12.0 Å². The van der Waals surface area contributed by atoms with Gasteiger partial charge < -0.3 is 20.1 Å². The summed E-state index contributed by atoms with van der Waals surface area (Å²) in [5, 5.41) is 6.01. The lowest BCUT2D eigenvalue weighted by molar-refractivity contribution is -0.115. The molecule has 0 saturated carbocycles. The minimum Gasteiger partial charge on any atom is -0.494 e. The normalized spacial score (nSPS) is 17.7. The minimum atomic E-state index is -0.0449. The van der Waals surface area contributed by atoms with Crippen LogP contribution in [0, 0.1) is 6.92 Å². The zero-order chi connectivity index (χ0) is 15.1.